The lowest BCUT2D eigenvalue weighted by Gasteiger charge is -2.41. The zero-order chi connectivity index (χ0) is 19.8. The number of rotatable bonds is 5. The lowest BCUT2D eigenvalue weighted by molar-refractivity contribution is -0.133. The van der Waals surface area contributed by atoms with Gasteiger partial charge in [-0.3, -0.25) is 19.1 Å². The Morgan fingerprint density at radius 3 is 2.67 bits per heavy atom. The summed E-state index contributed by atoms with van der Waals surface area (Å²) in [7, 11) is 1.63. The minimum atomic E-state index is -1.04. The number of aromatic nitrogens is 2. The lowest BCUT2D eigenvalue weighted by atomic mass is 9.95. The third-order valence-electron chi connectivity index (χ3n) is 5.90. The van der Waals surface area contributed by atoms with Gasteiger partial charge < -0.3 is 15.5 Å². The number of nitrogens with one attached hydrogen (secondary N) is 2. The van der Waals surface area contributed by atoms with Crippen LogP contribution in [-0.2, 0) is 11.3 Å². The Balaban J connectivity index is 1.82. The molecule has 0 spiro atoms. The number of hydrogen-bond acceptors (Lipinski definition) is 4. The number of carbonyl (C=O) groups excluding carboxylic acids is 3. The number of likely N-dealkylation sites (N-methyl/N-ethyl adjacent to an activating group) is 1. The summed E-state index contributed by atoms with van der Waals surface area (Å²) in [4.78, 5) is 39.6. The van der Waals surface area contributed by atoms with Crippen LogP contribution in [0.4, 0.5) is 0 Å². The molecule has 1 saturated carbocycles. The van der Waals surface area contributed by atoms with Gasteiger partial charge in [-0.2, -0.15) is 5.10 Å². The summed E-state index contributed by atoms with van der Waals surface area (Å²) in [5.41, 5.74) is -0.506. The Bertz CT molecular complexity index is 753. The Hall–Kier alpha value is -2.38. The van der Waals surface area contributed by atoms with E-state index >= 15 is 0 Å². The first kappa shape index (κ1) is 19.4. The van der Waals surface area contributed by atoms with Gasteiger partial charge >= 0.3 is 0 Å². The summed E-state index contributed by atoms with van der Waals surface area (Å²) in [6.07, 6.45) is 5.00. The molecular formula is C19H29N5O3. The summed E-state index contributed by atoms with van der Waals surface area (Å²) in [5.74, 6) is -0.781. The molecule has 0 saturated heterocycles. The maximum absolute atomic E-state index is 12.9. The SMILES string of the molecule is CC[C@@H](C)NC(=O)c1cc2n(n1)C[C@@](C)(C(=O)NC1CCCC1)N(C)C2=O. The fourth-order valence-corrected chi connectivity index (χ4v) is 3.65. The largest absolute Gasteiger partial charge is 0.351 e. The molecule has 0 aromatic carbocycles. The fraction of sp³-hybridized carbons (Fsp3) is 0.684. The average molecular weight is 375 g/mol. The predicted molar refractivity (Wildman–Crippen MR) is 100 cm³/mol. The van der Waals surface area contributed by atoms with E-state index in [4.69, 9.17) is 0 Å². The molecule has 0 bridgehead atoms. The van der Waals surface area contributed by atoms with E-state index in [1.54, 1.807) is 14.0 Å². The molecule has 1 aromatic heterocycles. The molecule has 1 fully saturated rings. The molecule has 2 aliphatic rings. The minimum absolute atomic E-state index is 0.0251. The molecule has 27 heavy (non-hydrogen) atoms. The Morgan fingerprint density at radius 1 is 1.37 bits per heavy atom. The van der Waals surface area contributed by atoms with Crippen LogP contribution in [0.1, 0.15) is 73.9 Å². The number of amides is 3. The number of fused-ring (bicyclic) bond motifs is 1. The normalized spacial score (nSPS) is 23.9. The molecule has 2 atom stereocenters. The van der Waals surface area contributed by atoms with Crippen LogP contribution in [-0.4, -0.2) is 57.1 Å². The molecule has 8 heteroatoms. The van der Waals surface area contributed by atoms with Crippen molar-refractivity contribution in [2.45, 2.75) is 77.0 Å². The second kappa shape index (κ2) is 7.32. The quantitative estimate of drug-likeness (QED) is 0.811. The highest BCUT2D eigenvalue weighted by Crippen LogP contribution is 2.27. The monoisotopic (exact) mass is 375 g/mol. The summed E-state index contributed by atoms with van der Waals surface area (Å²) in [6, 6.07) is 1.70. The maximum atomic E-state index is 12.9. The van der Waals surface area contributed by atoms with Crippen LogP contribution in [0.15, 0.2) is 6.07 Å². The van der Waals surface area contributed by atoms with Gasteiger partial charge in [0.15, 0.2) is 5.69 Å². The van der Waals surface area contributed by atoms with Crippen LogP contribution in [0.25, 0.3) is 0 Å². The van der Waals surface area contributed by atoms with Gasteiger partial charge in [-0.1, -0.05) is 19.8 Å². The molecule has 148 valence electrons. The van der Waals surface area contributed by atoms with Crippen molar-refractivity contribution in [2.75, 3.05) is 7.05 Å². The van der Waals surface area contributed by atoms with Crippen LogP contribution >= 0.6 is 0 Å². The minimum Gasteiger partial charge on any atom is -0.351 e. The molecule has 0 unspecified atom stereocenters. The van der Waals surface area contributed by atoms with Crippen molar-refractivity contribution in [3.8, 4) is 0 Å². The van der Waals surface area contributed by atoms with E-state index in [2.05, 4.69) is 15.7 Å². The van der Waals surface area contributed by atoms with E-state index in [1.165, 1.54) is 15.6 Å². The van der Waals surface area contributed by atoms with Crippen molar-refractivity contribution in [1.29, 1.82) is 0 Å². The van der Waals surface area contributed by atoms with Gasteiger partial charge in [-0.25, -0.2) is 0 Å². The third-order valence-corrected chi connectivity index (χ3v) is 5.90. The highest BCUT2D eigenvalue weighted by Gasteiger charge is 2.46. The van der Waals surface area contributed by atoms with E-state index in [-0.39, 0.29) is 42.0 Å². The first-order chi connectivity index (χ1) is 12.8. The standard InChI is InChI=1S/C19H29N5O3/c1-5-12(2)20-16(25)14-10-15-17(26)23(4)19(3,11-24(15)22-14)18(27)21-13-8-6-7-9-13/h10,12-13H,5-9,11H2,1-4H3,(H,20,25)(H,21,27)/t12-,19+/m1/s1. The van der Waals surface area contributed by atoms with Crippen LogP contribution < -0.4 is 10.6 Å². The molecule has 1 aliphatic carbocycles. The topological polar surface area (TPSA) is 96.3 Å². The van der Waals surface area contributed by atoms with Gasteiger partial charge in [0.05, 0.1) is 6.54 Å². The summed E-state index contributed by atoms with van der Waals surface area (Å²) < 4.78 is 1.49. The second-order valence-electron chi connectivity index (χ2n) is 7.95. The highest BCUT2D eigenvalue weighted by molar-refractivity contribution is 6.01. The van der Waals surface area contributed by atoms with Gasteiger partial charge in [-0.05, 0) is 33.1 Å². The van der Waals surface area contributed by atoms with Crippen molar-refractivity contribution >= 4 is 17.7 Å². The summed E-state index contributed by atoms with van der Waals surface area (Å²) in [5, 5.41) is 10.2. The van der Waals surface area contributed by atoms with Gasteiger partial charge in [-0.15, -0.1) is 0 Å². The molecule has 1 aliphatic heterocycles. The number of carbonyl (C=O) groups is 3. The predicted octanol–water partition coefficient (Wildman–Crippen LogP) is 1.31. The molecule has 3 rings (SSSR count). The van der Waals surface area contributed by atoms with Gasteiger partial charge in [0.1, 0.15) is 11.2 Å². The van der Waals surface area contributed by atoms with Crippen molar-refractivity contribution in [3.63, 3.8) is 0 Å². The molecule has 2 N–H and O–H groups in total. The number of hydrogen-bond donors (Lipinski definition) is 2. The Kier molecular flexibility index (Phi) is 5.26. The molecule has 1 aromatic rings. The van der Waals surface area contributed by atoms with E-state index in [1.807, 2.05) is 13.8 Å². The van der Waals surface area contributed by atoms with E-state index in [9.17, 15) is 14.4 Å². The van der Waals surface area contributed by atoms with Gasteiger partial charge in [0.2, 0.25) is 5.91 Å². The fourth-order valence-electron chi connectivity index (χ4n) is 3.65. The third kappa shape index (κ3) is 3.57. The molecular weight excluding hydrogens is 346 g/mol. The lowest BCUT2D eigenvalue weighted by Crippen LogP contribution is -2.63. The first-order valence-corrected chi connectivity index (χ1v) is 9.74. The maximum Gasteiger partial charge on any atom is 0.272 e. The number of nitrogens with zero attached hydrogens (tertiary/aromatic N) is 3. The van der Waals surface area contributed by atoms with Crippen LogP contribution in [0.5, 0.6) is 0 Å². The molecule has 0 radical (unpaired) electrons. The van der Waals surface area contributed by atoms with Crippen LogP contribution in [0.2, 0.25) is 0 Å². The first-order valence-electron chi connectivity index (χ1n) is 9.74. The molecule has 8 nitrogen and oxygen atoms in total. The Labute approximate surface area is 159 Å². The summed E-state index contributed by atoms with van der Waals surface area (Å²) >= 11 is 0. The summed E-state index contributed by atoms with van der Waals surface area (Å²) in [6.45, 7) is 5.87. The zero-order valence-electron chi connectivity index (χ0n) is 16.5. The van der Waals surface area contributed by atoms with Crippen LogP contribution in [0, 0.1) is 0 Å². The average Bonchev–Trinajstić information content (AvgIpc) is 3.29. The van der Waals surface area contributed by atoms with Crippen molar-refractivity contribution in [1.82, 2.24) is 25.3 Å². The molecule has 3 amide bonds. The van der Waals surface area contributed by atoms with Crippen molar-refractivity contribution < 1.29 is 14.4 Å². The molecule has 2 heterocycles. The van der Waals surface area contributed by atoms with E-state index in [0.717, 1.165) is 32.1 Å². The van der Waals surface area contributed by atoms with Crippen molar-refractivity contribution in [2.24, 2.45) is 0 Å². The van der Waals surface area contributed by atoms with E-state index < -0.39 is 5.54 Å². The Morgan fingerprint density at radius 2 is 2.04 bits per heavy atom. The highest BCUT2D eigenvalue weighted by atomic mass is 16.2. The zero-order valence-corrected chi connectivity index (χ0v) is 16.5. The van der Waals surface area contributed by atoms with Crippen LogP contribution in [0.3, 0.4) is 0 Å². The van der Waals surface area contributed by atoms with Gasteiger partial charge in [0, 0.05) is 25.2 Å². The smallest absolute Gasteiger partial charge is 0.272 e. The van der Waals surface area contributed by atoms with Crippen molar-refractivity contribution in [3.05, 3.63) is 17.5 Å². The van der Waals surface area contributed by atoms with E-state index in [0.29, 0.717) is 5.69 Å². The van der Waals surface area contributed by atoms with Gasteiger partial charge in [0.25, 0.3) is 11.8 Å². The second-order valence-corrected chi connectivity index (χ2v) is 7.95.